The van der Waals surface area contributed by atoms with Gasteiger partial charge in [0.25, 0.3) is 0 Å². The van der Waals surface area contributed by atoms with Crippen molar-refractivity contribution in [3.63, 3.8) is 0 Å². The van der Waals surface area contributed by atoms with Crippen molar-refractivity contribution in [2.24, 2.45) is 0 Å². The molecule has 1 fully saturated rings. The third kappa shape index (κ3) is 3.37. The van der Waals surface area contributed by atoms with Gasteiger partial charge in [-0.25, -0.2) is 4.39 Å². The number of hydrogen-bond donors (Lipinski definition) is 1. The van der Waals surface area contributed by atoms with E-state index < -0.39 is 5.82 Å². The molecule has 1 aliphatic heterocycles. The highest BCUT2D eigenvalue weighted by molar-refractivity contribution is 6.30. The predicted molar refractivity (Wildman–Crippen MR) is 104 cm³/mol. The maximum absolute atomic E-state index is 13.9. The lowest BCUT2D eigenvalue weighted by molar-refractivity contribution is 0.261. The van der Waals surface area contributed by atoms with Crippen LogP contribution in [0.15, 0.2) is 42.5 Å². The Bertz CT molecular complexity index is 946. The molecule has 1 N–H and O–H groups in total. The monoisotopic (exact) mass is 370 g/mol. The molecule has 2 aromatic carbocycles. The average Bonchev–Trinajstić information content (AvgIpc) is 2.64. The van der Waals surface area contributed by atoms with E-state index in [9.17, 15) is 4.39 Å². The third-order valence-corrected chi connectivity index (χ3v) is 5.15. The molecule has 134 valence electrons. The Balaban J connectivity index is 1.74. The van der Waals surface area contributed by atoms with E-state index in [1.54, 1.807) is 12.1 Å². The van der Waals surface area contributed by atoms with Gasteiger partial charge in [0.05, 0.1) is 5.02 Å². The average molecular weight is 371 g/mol. The summed E-state index contributed by atoms with van der Waals surface area (Å²) in [6, 6.07) is 13.0. The predicted octanol–water partition coefficient (Wildman–Crippen LogP) is 4.60. The van der Waals surface area contributed by atoms with Crippen LogP contribution in [0.5, 0.6) is 0 Å². The number of hydrogen-bond acceptors (Lipinski definition) is 4. The van der Waals surface area contributed by atoms with Gasteiger partial charge in [-0.2, -0.15) is 0 Å². The molecular formula is C20H20ClFN4. The third-order valence-electron chi connectivity index (χ3n) is 4.85. The van der Waals surface area contributed by atoms with Crippen molar-refractivity contribution in [2.45, 2.75) is 18.9 Å². The fraction of sp³-hybridized carbons (Fsp3) is 0.300. The highest BCUT2D eigenvalue weighted by Crippen LogP contribution is 2.31. The molecule has 1 aromatic heterocycles. The van der Waals surface area contributed by atoms with Crippen LogP contribution in [0.2, 0.25) is 5.02 Å². The molecule has 0 amide bonds. The van der Waals surface area contributed by atoms with E-state index in [0.29, 0.717) is 17.3 Å². The number of rotatable bonds is 3. The molecule has 1 unspecified atom stereocenters. The SMILES string of the molecule is CN1CCCC(Nc2nnc(-c3ccc(Cl)c(F)c3)c3ccccc23)C1. The number of piperidine rings is 1. The summed E-state index contributed by atoms with van der Waals surface area (Å²) in [4.78, 5) is 2.32. The van der Waals surface area contributed by atoms with E-state index in [1.165, 1.54) is 12.5 Å². The molecule has 0 bridgehead atoms. The molecule has 2 heterocycles. The van der Waals surface area contributed by atoms with Crippen LogP contribution in [0.25, 0.3) is 22.0 Å². The molecule has 3 aromatic rings. The number of nitrogens with one attached hydrogen (secondary N) is 1. The number of aromatic nitrogens is 2. The van der Waals surface area contributed by atoms with Gasteiger partial charge in [0.2, 0.25) is 0 Å². The molecular weight excluding hydrogens is 351 g/mol. The molecule has 6 heteroatoms. The van der Waals surface area contributed by atoms with Gasteiger partial charge in [-0.3, -0.25) is 0 Å². The van der Waals surface area contributed by atoms with Crippen molar-refractivity contribution in [1.82, 2.24) is 15.1 Å². The fourth-order valence-electron chi connectivity index (χ4n) is 3.54. The molecule has 1 aliphatic rings. The van der Waals surface area contributed by atoms with Crippen LogP contribution in [-0.4, -0.2) is 41.3 Å². The van der Waals surface area contributed by atoms with Crippen molar-refractivity contribution in [3.8, 4) is 11.3 Å². The van der Waals surface area contributed by atoms with Gasteiger partial charge in [-0.1, -0.05) is 41.9 Å². The highest BCUT2D eigenvalue weighted by atomic mass is 35.5. The van der Waals surface area contributed by atoms with Crippen molar-refractivity contribution < 1.29 is 4.39 Å². The van der Waals surface area contributed by atoms with Gasteiger partial charge in [0.15, 0.2) is 5.82 Å². The van der Waals surface area contributed by atoms with E-state index in [0.717, 1.165) is 36.1 Å². The number of fused-ring (bicyclic) bond motifs is 1. The van der Waals surface area contributed by atoms with Gasteiger partial charge in [0.1, 0.15) is 11.5 Å². The quantitative estimate of drug-likeness (QED) is 0.731. The van der Waals surface area contributed by atoms with Crippen LogP contribution in [0.1, 0.15) is 12.8 Å². The number of halogens is 2. The zero-order valence-electron chi connectivity index (χ0n) is 14.5. The summed E-state index contributed by atoms with van der Waals surface area (Å²) in [5, 5.41) is 14.4. The van der Waals surface area contributed by atoms with E-state index in [2.05, 4.69) is 27.5 Å². The normalized spacial score (nSPS) is 18.2. The van der Waals surface area contributed by atoms with Crippen LogP contribution >= 0.6 is 11.6 Å². The Morgan fingerprint density at radius 2 is 1.96 bits per heavy atom. The lowest BCUT2D eigenvalue weighted by Gasteiger charge is -2.30. The van der Waals surface area contributed by atoms with E-state index >= 15 is 0 Å². The Labute approximate surface area is 157 Å². The Hall–Kier alpha value is -2.24. The molecule has 1 atom stereocenters. The summed E-state index contributed by atoms with van der Waals surface area (Å²) in [5.74, 6) is 0.321. The topological polar surface area (TPSA) is 41.0 Å². The molecule has 0 radical (unpaired) electrons. The molecule has 0 aliphatic carbocycles. The van der Waals surface area contributed by atoms with Gasteiger partial charge < -0.3 is 10.2 Å². The van der Waals surface area contributed by atoms with Crippen LogP contribution in [0.3, 0.4) is 0 Å². The smallest absolute Gasteiger partial charge is 0.156 e. The first kappa shape index (κ1) is 17.2. The second kappa shape index (κ2) is 7.17. The minimum atomic E-state index is -0.456. The second-order valence-electron chi connectivity index (χ2n) is 6.82. The molecule has 4 nitrogen and oxygen atoms in total. The summed E-state index contributed by atoms with van der Waals surface area (Å²) in [6.07, 6.45) is 2.28. The van der Waals surface area contributed by atoms with E-state index in [-0.39, 0.29) is 5.02 Å². The molecule has 0 saturated carbocycles. The number of likely N-dealkylation sites (N-methyl/N-ethyl adjacent to an activating group) is 1. The van der Waals surface area contributed by atoms with Crippen molar-refractivity contribution in [3.05, 3.63) is 53.3 Å². The standard InChI is InChI=1S/C20H20ClFN4/c1-26-10-4-5-14(12-26)23-20-16-7-3-2-6-15(16)19(24-25-20)13-8-9-17(21)18(22)11-13/h2-3,6-9,11,14H,4-5,10,12H2,1H3,(H,23,25). The lowest BCUT2D eigenvalue weighted by atomic mass is 10.0. The Morgan fingerprint density at radius 1 is 1.15 bits per heavy atom. The van der Waals surface area contributed by atoms with Gasteiger partial charge >= 0.3 is 0 Å². The maximum atomic E-state index is 13.9. The van der Waals surface area contributed by atoms with Crippen LogP contribution in [-0.2, 0) is 0 Å². The number of anilines is 1. The second-order valence-corrected chi connectivity index (χ2v) is 7.22. The first-order valence-corrected chi connectivity index (χ1v) is 9.15. The summed E-state index contributed by atoms with van der Waals surface area (Å²) < 4.78 is 13.9. The minimum Gasteiger partial charge on any atom is -0.364 e. The Kier molecular flexibility index (Phi) is 4.74. The summed E-state index contributed by atoms with van der Waals surface area (Å²) in [6.45, 7) is 2.12. The van der Waals surface area contributed by atoms with Crippen LogP contribution < -0.4 is 5.32 Å². The summed E-state index contributed by atoms with van der Waals surface area (Å²) >= 11 is 5.81. The van der Waals surface area contributed by atoms with E-state index in [1.807, 2.05) is 24.3 Å². The highest BCUT2D eigenvalue weighted by Gasteiger charge is 2.19. The van der Waals surface area contributed by atoms with Gasteiger partial charge in [0, 0.05) is 28.9 Å². The molecule has 1 saturated heterocycles. The molecule has 4 rings (SSSR count). The van der Waals surface area contributed by atoms with Crippen molar-refractivity contribution in [1.29, 1.82) is 0 Å². The summed E-state index contributed by atoms with van der Waals surface area (Å²) in [5.41, 5.74) is 1.32. The number of benzene rings is 2. The maximum Gasteiger partial charge on any atom is 0.156 e. The molecule has 0 spiro atoms. The van der Waals surface area contributed by atoms with E-state index in [4.69, 9.17) is 11.6 Å². The Morgan fingerprint density at radius 3 is 2.73 bits per heavy atom. The number of likely N-dealkylation sites (tertiary alicyclic amines) is 1. The van der Waals surface area contributed by atoms with Crippen LogP contribution in [0.4, 0.5) is 10.2 Å². The first-order chi connectivity index (χ1) is 12.6. The zero-order valence-corrected chi connectivity index (χ0v) is 15.3. The van der Waals surface area contributed by atoms with Crippen LogP contribution in [0, 0.1) is 5.82 Å². The number of nitrogens with zero attached hydrogens (tertiary/aromatic N) is 3. The van der Waals surface area contributed by atoms with Crippen molar-refractivity contribution >= 4 is 28.2 Å². The fourth-order valence-corrected chi connectivity index (χ4v) is 3.66. The first-order valence-electron chi connectivity index (χ1n) is 8.78. The van der Waals surface area contributed by atoms with Crippen molar-refractivity contribution in [2.75, 3.05) is 25.5 Å². The molecule has 26 heavy (non-hydrogen) atoms. The van der Waals surface area contributed by atoms with Gasteiger partial charge in [-0.05, 0) is 38.6 Å². The minimum absolute atomic E-state index is 0.103. The zero-order chi connectivity index (χ0) is 18.1. The summed E-state index contributed by atoms with van der Waals surface area (Å²) in [7, 11) is 2.13. The van der Waals surface area contributed by atoms with Gasteiger partial charge in [-0.15, -0.1) is 10.2 Å². The largest absolute Gasteiger partial charge is 0.364 e. The lowest BCUT2D eigenvalue weighted by Crippen LogP contribution is -2.40.